The Labute approximate surface area is 126 Å². The van der Waals surface area contributed by atoms with Gasteiger partial charge in [-0.05, 0) is 12.0 Å². The molecular weight excluding hydrogens is 299 g/mol. The number of aliphatic carboxylic acids is 1. The van der Waals surface area contributed by atoms with Crippen LogP contribution in [0.4, 0.5) is 13.2 Å². The van der Waals surface area contributed by atoms with Crippen molar-refractivity contribution < 1.29 is 27.9 Å². The van der Waals surface area contributed by atoms with Crippen molar-refractivity contribution in [2.45, 2.75) is 31.4 Å². The lowest BCUT2D eigenvalue weighted by atomic mass is 9.94. The van der Waals surface area contributed by atoms with Crippen molar-refractivity contribution in [1.29, 1.82) is 0 Å². The summed E-state index contributed by atoms with van der Waals surface area (Å²) in [5, 5.41) is 8.51. The number of hydrogen-bond donors (Lipinski definition) is 1. The molecule has 0 bridgehead atoms. The first-order valence-electron chi connectivity index (χ1n) is 6.79. The Morgan fingerprint density at radius 3 is 2.32 bits per heavy atom. The fourth-order valence-electron chi connectivity index (χ4n) is 2.03. The lowest BCUT2D eigenvalue weighted by Gasteiger charge is -2.23. The zero-order valence-electron chi connectivity index (χ0n) is 12.1. The lowest BCUT2D eigenvalue weighted by molar-refractivity contribution is -0.160. The van der Waals surface area contributed by atoms with Crippen LogP contribution in [0.2, 0.25) is 0 Å². The van der Waals surface area contributed by atoms with Crippen molar-refractivity contribution in [2.75, 3.05) is 13.6 Å². The normalized spacial score (nSPS) is 12.7. The van der Waals surface area contributed by atoms with Gasteiger partial charge in [-0.25, -0.2) is 0 Å². The highest BCUT2D eigenvalue weighted by Gasteiger charge is 2.42. The highest BCUT2D eigenvalue weighted by atomic mass is 19.4. The molecule has 0 heterocycles. The molecule has 1 aromatic rings. The summed E-state index contributed by atoms with van der Waals surface area (Å²) in [6.45, 7) is 0.116. The van der Waals surface area contributed by atoms with Crippen LogP contribution >= 0.6 is 0 Å². The number of carbonyl (C=O) groups is 2. The largest absolute Gasteiger partial charge is 0.481 e. The standard InChI is InChI=1S/C15H18F3NO3/c1-19(9-5-8-14(21)22)13(20)10-12(15(16,17)18)11-6-3-2-4-7-11/h2-4,6-7,12H,5,8-10H2,1H3,(H,21,22). The van der Waals surface area contributed by atoms with Crippen LogP contribution < -0.4 is 0 Å². The Morgan fingerprint density at radius 1 is 1.23 bits per heavy atom. The summed E-state index contributed by atoms with van der Waals surface area (Å²) >= 11 is 0. The zero-order valence-corrected chi connectivity index (χ0v) is 12.1. The van der Waals surface area contributed by atoms with E-state index in [1.807, 2.05) is 0 Å². The third-order valence-electron chi connectivity index (χ3n) is 3.29. The van der Waals surface area contributed by atoms with Gasteiger partial charge in [0.15, 0.2) is 0 Å². The van der Waals surface area contributed by atoms with Gasteiger partial charge in [0.25, 0.3) is 0 Å². The van der Waals surface area contributed by atoms with Crippen molar-refractivity contribution in [2.24, 2.45) is 0 Å². The first-order chi connectivity index (χ1) is 10.2. The maximum absolute atomic E-state index is 13.1. The molecule has 0 aliphatic carbocycles. The van der Waals surface area contributed by atoms with Crippen LogP contribution in [-0.2, 0) is 9.59 Å². The van der Waals surface area contributed by atoms with Gasteiger partial charge >= 0.3 is 12.1 Å². The van der Waals surface area contributed by atoms with E-state index in [0.717, 1.165) is 4.90 Å². The molecule has 0 aromatic heterocycles. The zero-order chi connectivity index (χ0) is 16.8. The molecule has 22 heavy (non-hydrogen) atoms. The van der Waals surface area contributed by atoms with E-state index in [0.29, 0.717) is 0 Å². The van der Waals surface area contributed by atoms with E-state index >= 15 is 0 Å². The van der Waals surface area contributed by atoms with Crippen LogP contribution in [0.1, 0.15) is 30.7 Å². The average molecular weight is 317 g/mol. The summed E-state index contributed by atoms with van der Waals surface area (Å²) in [6, 6.07) is 7.28. The number of amides is 1. The molecule has 1 rings (SSSR count). The first kappa shape index (κ1) is 18.0. The van der Waals surface area contributed by atoms with Crippen LogP contribution in [0.15, 0.2) is 30.3 Å². The number of alkyl halides is 3. The molecule has 1 unspecified atom stereocenters. The molecule has 1 atom stereocenters. The van der Waals surface area contributed by atoms with Gasteiger partial charge in [0.05, 0.1) is 5.92 Å². The second kappa shape index (κ2) is 7.82. The molecule has 0 saturated heterocycles. The third kappa shape index (κ3) is 5.75. The number of rotatable bonds is 7. The van der Waals surface area contributed by atoms with Crippen LogP contribution in [0.25, 0.3) is 0 Å². The highest BCUT2D eigenvalue weighted by molar-refractivity contribution is 5.77. The third-order valence-corrected chi connectivity index (χ3v) is 3.29. The molecule has 1 N–H and O–H groups in total. The maximum atomic E-state index is 13.1. The summed E-state index contributed by atoms with van der Waals surface area (Å²) in [4.78, 5) is 23.5. The molecule has 122 valence electrons. The Morgan fingerprint density at radius 2 is 1.82 bits per heavy atom. The van der Waals surface area contributed by atoms with Crippen molar-refractivity contribution in [1.82, 2.24) is 4.90 Å². The molecule has 0 aliphatic heterocycles. The van der Waals surface area contributed by atoms with E-state index in [-0.39, 0.29) is 24.9 Å². The van der Waals surface area contributed by atoms with Gasteiger partial charge in [0.1, 0.15) is 0 Å². The second-order valence-electron chi connectivity index (χ2n) is 5.02. The number of hydrogen-bond acceptors (Lipinski definition) is 2. The topological polar surface area (TPSA) is 57.6 Å². The van der Waals surface area contributed by atoms with Gasteiger partial charge in [0, 0.05) is 26.4 Å². The number of carboxylic acid groups (broad SMARTS) is 1. The summed E-state index contributed by atoms with van der Waals surface area (Å²) in [6.07, 6.45) is -5.12. The fourth-order valence-corrected chi connectivity index (χ4v) is 2.03. The molecule has 0 spiro atoms. The van der Waals surface area contributed by atoms with Gasteiger partial charge in [-0.3, -0.25) is 9.59 Å². The Balaban J connectivity index is 2.70. The van der Waals surface area contributed by atoms with E-state index < -0.39 is 30.4 Å². The Kier molecular flexibility index (Phi) is 6.39. The summed E-state index contributed by atoms with van der Waals surface area (Å²) in [5.74, 6) is -3.52. The van der Waals surface area contributed by atoms with Gasteiger partial charge in [-0.2, -0.15) is 13.2 Å². The predicted molar refractivity (Wildman–Crippen MR) is 74.4 cm³/mol. The van der Waals surface area contributed by atoms with Crippen molar-refractivity contribution >= 4 is 11.9 Å². The Hall–Kier alpha value is -2.05. The van der Waals surface area contributed by atoms with Crippen molar-refractivity contribution in [3.63, 3.8) is 0 Å². The molecule has 1 amide bonds. The van der Waals surface area contributed by atoms with E-state index in [1.165, 1.54) is 31.3 Å². The monoisotopic (exact) mass is 317 g/mol. The number of halogens is 3. The number of carbonyl (C=O) groups excluding carboxylic acids is 1. The van der Waals surface area contributed by atoms with Gasteiger partial charge < -0.3 is 10.0 Å². The van der Waals surface area contributed by atoms with E-state index in [9.17, 15) is 22.8 Å². The number of carboxylic acids is 1. The fraction of sp³-hybridized carbons (Fsp3) is 0.467. The molecular formula is C15H18F3NO3. The van der Waals surface area contributed by atoms with Crippen LogP contribution in [0.5, 0.6) is 0 Å². The predicted octanol–water partition coefficient (Wildman–Crippen LogP) is 3.05. The molecule has 0 saturated carbocycles. The molecule has 4 nitrogen and oxygen atoms in total. The summed E-state index contributed by atoms with van der Waals surface area (Å²) < 4.78 is 39.4. The van der Waals surface area contributed by atoms with E-state index in [4.69, 9.17) is 5.11 Å². The summed E-state index contributed by atoms with van der Waals surface area (Å²) in [7, 11) is 1.38. The molecule has 0 radical (unpaired) electrons. The maximum Gasteiger partial charge on any atom is 0.396 e. The minimum absolute atomic E-state index is 0.0438. The average Bonchev–Trinajstić information content (AvgIpc) is 2.43. The van der Waals surface area contributed by atoms with Crippen molar-refractivity contribution in [3.05, 3.63) is 35.9 Å². The number of nitrogens with zero attached hydrogens (tertiary/aromatic N) is 1. The van der Waals surface area contributed by atoms with Crippen LogP contribution in [-0.4, -0.2) is 41.7 Å². The smallest absolute Gasteiger partial charge is 0.396 e. The van der Waals surface area contributed by atoms with E-state index in [1.54, 1.807) is 6.07 Å². The second-order valence-corrected chi connectivity index (χ2v) is 5.02. The van der Waals surface area contributed by atoms with Crippen LogP contribution in [0, 0.1) is 0 Å². The molecule has 0 fully saturated rings. The lowest BCUT2D eigenvalue weighted by Crippen LogP contribution is -2.32. The minimum Gasteiger partial charge on any atom is -0.481 e. The van der Waals surface area contributed by atoms with E-state index in [2.05, 4.69) is 0 Å². The summed E-state index contributed by atoms with van der Waals surface area (Å²) in [5.41, 5.74) is 0.0438. The minimum atomic E-state index is -4.51. The van der Waals surface area contributed by atoms with Gasteiger partial charge in [0.2, 0.25) is 5.91 Å². The molecule has 1 aromatic carbocycles. The Bertz CT molecular complexity index is 503. The van der Waals surface area contributed by atoms with Gasteiger partial charge in [-0.15, -0.1) is 0 Å². The van der Waals surface area contributed by atoms with Gasteiger partial charge in [-0.1, -0.05) is 30.3 Å². The SMILES string of the molecule is CN(CCCC(=O)O)C(=O)CC(c1ccccc1)C(F)(F)F. The highest BCUT2D eigenvalue weighted by Crippen LogP contribution is 2.37. The van der Waals surface area contributed by atoms with Crippen LogP contribution in [0.3, 0.4) is 0 Å². The van der Waals surface area contributed by atoms with Crippen molar-refractivity contribution in [3.8, 4) is 0 Å². The number of benzene rings is 1. The molecule has 0 aliphatic rings. The first-order valence-corrected chi connectivity index (χ1v) is 6.79. The quantitative estimate of drug-likeness (QED) is 0.841. The molecule has 7 heteroatoms.